The highest BCUT2D eigenvalue weighted by Crippen LogP contribution is 2.32. The van der Waals surface area contributed by atoms with Crippen LogP contribution in [0.25, 0.3) is 0 Å². The van der Waals surface area contributed by atoms with Crippen LogP contribution in [0.5, 0.6) is 0 Å². The normalized spacial score (nSPS) is 19.8. The topological polar surface area (TPSA) is 76.1 Å². The van der Waals surface area contributed by atoms with Crippen LogP contribution in [0.3, 0.4) is 0 Å². The molecule has 0 radical (unpaired) electrons. The zero-order valence-corrected chi connectivity index (χ0v) is 17.9. The fourth-order valence-corrected chi connectivity index (χ4v) is 5.44. The first kappa shape index (κ1) is 25.0. The lowest BCUT2D eigenvalue weighted by Crippen LogP contribution is -2.38. The molecular formula is C21H20F6N2O3S. The second kappa shape index (κ2) is 9.32. The quantitative estimate of drug-likeness (QED) is 0.601. The van der Waals surface area contributed by atoms with E-state index in [-0.39, 0.29) is 28.3 Å². The predicted molar refractivity (Wildman–Crippen MR) is 106 cm³/mol. The number of nitrogens with zero attached hydrogens (tertiary/aromatic N) is 1. The van der Waals surface area contributed by atoms with Gasteiger partial charge in [0.05, 0.1) is 21.8 Å². The highest BCUT2D eigenvalue weighted by atomic mass is 32.2. The van der Waals surface area contributed by atoms with Crippen molar-refractivity contribution in [2.45, 2.75) is 49.0 Å². The Labute approximate surface area is 186 Å². The number of carbonyl (C=O) groups excluding carboxylic acids is 1. The van der Waals surface area contributed by atoms with Crippen LogP contribution in [0.4, 0.5) is 26.3 Å². The van der Waals surface area contributed by atoms with Gasteiger partial charge in [0.1, 0.15) is 5.69 Å². The molecule has 1 aliphatic rings. The number of sulfone groups is 1. The van der Waals surface area contributed by atoms with Crippen molar-refractivity contribution in [2.24, 2.45) is 5.92 Å². The zero-order chi connectivity index (χ0) is 24.4. The first-order chi connectivity index (χ1) is 15.3. The van der Waals surface area contributed by atoms with E-state index in [1.165, 1.54) is 0 Å². The fraction of sp³-hybridized carbons (Fsp3) is 0.429. The predicted octanol–water partition coefficient (Wildman–Crippen LogP) is 4.88. The number of rotatable bonds is 5. The Morgan fingerprint density at radius 3 is 2.12 bits per heavy atom. The van der Waals surface area contributed by atoms with E-state index in [1.54, 1.807) is 0 Å². The minimum Gasteiger partial charge on any atom is -0.348 e. The van der Waals surface area contributed by atoms with Crippen molar-refractivity contribution in [1.29, 1.82) is 0 Å². The molecule has 1 fully saturated rings. The van der Waals surface area contributed by atoms with Crippen LogP contribution in [-0.2, 0) is 22.2 Å². The molecule has 1 aliphatic carbocycles. The van der Waals surface area contributed by atoms with Crippen molar-refractivity contribution >= 4 is 15.7 Å². The Bertz CT molecular complexity index is 1090. The summed E-state index contributed by atoms with van der Waals surface area (Å²) < 4.78 is 102. The van der Waals surface area contributed by atoms with Gasteiger partial charge in [-0.15, -0.1) is 0 Å². The maximum Gasteiger partial charge on any atom is 0.417 e. The molecular weight excluding hydrogens is 474 g/mol. The average molecular weight is 494 g/mol. The van der Waals surface area contributed by atoms with Gasteiger partial charge in [-0.05, 0) is 61.9 Å². The van der Waals surface area contributed by atoms with E-state index >= 15 is 0 Å². The number of pyridine rings is 1. The zero-order valence-electron chi connectivity index (χ0n) is 17.1. The lowest BCUT2D eigenvalue weighted by Gasteiger charge is -2.29. The summed E-state index contributed by atoms with van der Waals surface area (Å²) in [4.78, 5) is 15.4. The standard InChI is InChI=1S/C21H20F6N2O3S/c22-20(23,24)14-2-1-3-17(10-14)33(31,32)12-13-4-7-16(8-5-13)29-19(30)18-9-6-15(11-28-18)21(25,26)27/h1-3,6,9-11,13,16H,4-5,7-8,12H2,(H,29,30)/t13-,16-. The Kier molecular flexibility index (Phi) is 7.06. The molecule has 1 N–H and O–H groups in total. The number of halogens is 6. The molecule has 0 aliphatic heterocycles. The third kappa shape index (κ3) is 6.46. The molecule has 1 amide bonds. The third-order valence-corrected chi connectivity index (χ3v) is 7.36. The summed E-state index contributed by atoms with van der Waals surface area (Å²) in [6.45, 7) is 0. The molecule has 33 heavy (non-hydrogen) atoms. The van der Waals surface area contributed by atoms with E-state index < -0.39 is 39.2 Å². The third-order valence-electron chi connectivity index (χ3n) is 5.48. The summed E-state index contributed by atoms with van der Waals surface area (Å²) in [5, 5.41) is 2.68. The molecule has 1 saturated carbocycles. The van der Waals surface area contributed by atoms with Gasteiger partial charge in [0.15, 0.2) is 9.84 Å². The number of aromatic nitrogens is 1. The first-order valence-corrected chi connectivity index (χ1v) is 11.6. The summed E-state index contributed by atoms with van der Waals surface area (Å²) in [5.41, 5.74) is -2.18. The number of alkyl halides is 6. The fourth-order valence-electron chi connectivity index (χ4n) is 3.70. The molecule has 3 rings (SSSR count). The van der Waals surface area contributed by atoms with E-state index in [1.807, 2.05) is 0 Å². The highest BCUT2D eigenvalue weighted by molar-refractivity contribution is 7.91. The maximum atomic E-state index is 12.9. The lowest BCUT2D eigenvalue weighted by molar-refractivity contribution is -0.138. The van der Waals surface area contributed by atoms with Crippen LogP contribution in [0.2, 0.25) is 0 Å². The van der Waals surface area contributed by atoms with Crippen LogP contribution >= 0.6 is 0 Å². The number of nitrogens with one attached hydrogen (secondary N) is 1. The molecule has 0 saturated heterocycles. The largest absolute Gasteiger partial charge is 0.417 e. The SMILES string of the molecule is O=C(N[C@H]1CC[C@H](CS(=O)(=O)c2cccc(C(F)(F)F)c2)CC1)c1ccc(C(F)(F)F)cn1. The van der Waals surface area contributed by atoms with Crippen molar-refractivity contribution in [3.05, 3.63) is 59.4 Å². The summed E-state index contributed by atoms with van der Waals surface area (Å²) in [6.07, 6.45) is -6.94. The number of amides is 1. The number of hydrogen-bond donors (Lipinski definition) is 1. The molecule has 1 aromatic heterocycles. The molecule has 5 nitrogen and oxygen atoms in total. The summed E-state index contributed by atoms with van der Waals surface area (Å²) in [6, 6.07) is 5.04. The van der Waals surface area contributed by atoms with Crippen molar-refractivity contribution in [2.75, 3.05) is 5.75 Å². The average Bonchev–Trinajstić information content (AvgIpc) is 2.74. The second-order valence-corrected chi connectivity index (χ2v) is 9.96. The van der Waals surface area contributed by atoms with Crippen LogP contribution < -0.4 is 5.32 Å². The molecule has 0 spiro atoms. The van der Waals surface area contributed by atoms with Crippen LogP contribution in [0.1, 0.15) is 47.3 Å². The second-order valence-electron chi connectivity index (χ2n) is 7.93. The Morgan fingerprint density at radius 2 is 1.58 bits per heavy atom. The van der Waals surface area contributed by atoms with E-state index in [9.17, 15) is 39.6 Å². The van der Waals surface area contributed by atoms with Crippen molar-refractivity contribution in [1.82, 2.24) is 10.3 Å². The van der Waals surface area contributed by atoms with E-state index in [0.29, 0.717) is 37.9 Å². The summed E-state index contributed by atoms with van der Waals surface area (Å²) in [7, 11) is -3.93. The molecule has 0 atom stereocenters. The van der Waals surface area contributed by atoms with Crippen molar-refractivity contribution in [3.8, 4) is 0 Å². The van der Waals surface area contributed by atoms with Gasteiger partial charge >= 0.3 is 12.4 Å². The molecule has 0 unspecified atom stereocenters. The van der Waals surface area contributed by atoms with Gasteiger partial charge in [0, 0.05) is 12.2 Å². The molecule has 180 valence electrons. The van der Waals surface area contributed by atoms with Gasteiger partial charge < -0.3 is 5.32 Å². The van der Waals surface area contributed by atoms with Crippen LogP contribution in [0, 0.1) is 5.92 Å². The maximum absolute atomic E-state index is 12.9. The molecule has 1 aromatic carbocycles. The molecule has 12 heteroatoms. The van der Waals surface area contributed by atoms with Crippen LogP contribution in [-0.4, -0.2) is 31.1 Å². The van der Waals surface area contributed by atoms with Crippen molar-refractivity contribution < 1.29 is 39.6 Å². The number of benzene rings is 1. The monoisotopic (exact) mass is 494 g/mol. The Balaban J connectivity index is 1.55. The summed E-state index contributed by atoms with van der Waals surface area (Å²) in [5.74, 6) is -1.24. The Morgan fingerprint density at radius 1 is 0.939 bits per heavy atom. The minimum atomic E-state index is -4.65. The molecule has 0 bridgehead atoms. The van der Waals surface area contributed by atoms with E-state index in [2.05, 4.69) is 10.3 Å². The highest BCUT2D eigenvalue weighted by Gasteiger charge is 2.33. The molecule has 1 heterocycles. The van der Waals surface area contributed by atoms with Gasteiger partial charge in [-0.25, -0.2) is 8.42 Å². The Hall–Kier alpha value is -2.63. The van der Waals surface area contributed by atoms with Gasteiger partial charge in [-0.1, -0.05) is 6.07 Å². The number of carbonyl (C=O) groups is 1. The van der Waals surface area contributed by atoms with Gasteiger partial charge in [-0.2, -0.15) is 26.3 Å². The van der Waals surface area contributed by atoms with Gasteiger partial charge in [0.25, 0.3) is 5.91 Å². The van der Waals surface area contributed by atoms with E-state index in [4.69, 9.17) is 0 Å². The van der Waals surface area contributed by atoms with Crippen LogP contribution in [0.15, 0.2) is 47.5 Å². The minimum absolute atomic E-state index is 0.169. The lowest BCUT2D eigenvalue weighted by atomic mass is 9.87. The van der Waals surface area contributed by atoms with Gasteiger partial charge in [0.2, 0.25) is 0 Å². The van der Waals surface area contributed by atoms with Crippen molar-refractivity contribution in [3.63, 3.8) is 0 Å². The summed E-state index contributed by atoms with van der Waals surface area (Å²) >= 11 is 0. The first-order valence-electron chi connectivity index (χ1n) is 10.00. The number of hydrogen-bond acceptors (Lipinski definition) is 4. The molecule has 2 aromatic rings. The van der Waals surface area contributed by atoms with Gasteiger partial charge in [-0.3, -0.25) is 9.78 Å². The van der Waals surface area contributed by atoms with E-state index in [0.717, 1.165) is 30.3 Å². The smallest absolute Gasteiger partial charge is 0.348 e.